The fraction of sp³-hybridized carbons (Fsp3) is 0.789. The first-order valence-electron chi connectivity index (χ1n) is 9.15. The molecule has 0 aliphatic carbocycles. The second-order valence-corrected chi connectivity index (χ2v) is 7.12. The molecule has 0 aromatic carbocycles. The highest BCUT2D eigenvalue weighted by atomic mass is 32.1. The van der Waals surface area contributed by atoms with Crippen LogP contribution in [0.5, 0.6) is 0 Å². The molecule has 1 rings (SSSR count). The van der Waals surface area contributed by atoms with E-state index in [0.29, 0.717) is 6.04 Å². The highest BCUT2D eigenvalue weighted by Gasteiger charge is 2.10. The van der Waals surface area contributed by atoms with Gasteiger partial charge in [0.1, 0.15) is 0 Å². The molecule has 0 spiro atoms. The maximum atomic E-state index is 3.71. The van der Waals surface area contributed by atoms with Gasteiger partial charge in [-0.05, 0) is 30.8 Å². The van der Waals surface area contributed by atoms with E-state index in [-0.39, 0.29) is 0 Å². The molecule has 21 heavy (non-hydrogen) atoms. The van der Waals surface area contributed by atoms with E-state index in [1.54, 1.807) is 0 Å². The summed E-state index contributed by atoms with van der Waals surface area (Å²) >= 11 is 1.90. The molecule has 1 N–H and O–H groups in total. The summed E-state index contributed by atoms with van der Waals surface area (Å²) in [5.74, 6) is 0. The lowest BCUT2D eigenvalue weighted by Crippen LogP contribution is -2.21. The van der Waals surface area contributed by atoms with Crippen molar-refractivity contribution in [3.63, 3.8) is 0 Å². The summed E-state index contributed by atoms with van der Waals surface area (Å²) in [6.45, 7) is 5.67. The average molecular weight is 310 g/mol. The third-order valence-electron chi connectivity index (χ3n) is 4.12. The van der Waals surface area contributed by atoms with Crippen LogP contribution in [0.25, 0.3) is 0 Å². The van der Waals surface area contributed by atoms with Gasteiger partial charge in [0.15, 0.2) is 0 Å². The minimum absolute atomic E-state index is 0.592. The molecule has 0 saturated heterocycles. The Hall–Kier alpha value is -0.340. The lowest BCUT2D eigenvalue weighted by molar-refractivity contribution is 0.469. The van der Waals surface area contributed by atoms with Gasteiger partial charge in [0.25, 0.3) is 0 Å². The van der Waals surface area contributed by atoms with Crippen LogP contribution in [0.2, 0.25) is 0 Å². The summed E-state index contributed by atoms with van der Waals surface area (Å²) in [5.41, 5.74) is 0. The van der Waals surface area contributed by atoms with E-state index >= 15 is 0 Å². The first kappa shape index (κ1) is 18.7. The molecule has 1 atom stereocenters. The van der Waals surface area contributed by atoms with Gasteiger partial charge in [-0.25, -0.2) is 0 Å². The Balaban J connectivity index is 2.05. The van der Waals surface area contributed by atoms with Gasteiger partial charge >= 0.3 is 0 Å². The van der Waals surface area contributed by atoms with Crippen molar-refractivity contribution in [1.82, 2.24) is 5.32 Å². The molecule has 0 fully saturated rings. The molecule has 1 unspecified atom stereocenters. The van der Waals surface area contributed by atoms with E-state index in [1.807, 2.05) is 11.3 Å². The largest absolute Gasteiger partial charge is 0.309 e. The van der Waals surface area contributed by atoms with Crippen LogP contribution in [-0.2, 0) is 0 Å². The highest BCUT2D eigenvalue weighted by Crippen LogP contribution is 2.24. The minimum atomic E-state index is 0.592. The Morgan fingerprint density at radius 2 is 1.57 bits per heavy atom. The Morgan fingerprint density at radius 1 is 0.905 bits per heavy atom. The van der Waals surface area contributed by atoms with Gasteiger partial charge in [0.05, 0.1) is 0 Å². The average Bonchev–Trinajstić information content (AvgIpc) is 3.02. The first-order valence-corrected chi connectivity index (χ1v) is 10.0. The van der Waals surface area contributed by atoms with Crippen molar-refractivity contribution in [1.29, 1.82) is 0 Å². The number of rotatable bonds is 14. The number of thiophene rings is 1. The van der Waals surface area contributed by atoms with E-state index in [0.717, 1.165) is 6.54 Å². The molecule has 0 aliphatic heterocycles. The fourth-order valence-electron chi connectivity index (χ4n) is 2.81. The van der Waals surface area contributed by atoms with Crippen molar-refractivity contribution in [3.8, 4) is 0 Å². The van der Waals surface area contributed by atoms with Gasteiger partial charge in [0, 0.05) is 10.9 Å². The van der Waals surface area contributed by atoms with E-state index < -0.39 is 0 Å². The standard InChI is InChI=1S/C19H35NS/c1-3-5-6-7-8-9-10-11-12-14-18(20-16-4-2)19-15-13-17-21-19/h13,15,17-18,20H,3-12,14,16H2,1-2H3. The van der Waals surface area contributed by atoms with Crippen LogP contribution in [0.4, 0.5) is 0 Å². The Labute approximate surface area is 136 Å². The number of unbranched alkanes of at least 4 members (excludes halogenated alkanes) is 8. The van der Waals surface area contributed by atoms with Gasteiger partial charge in [0.2, 0.25) is 0 Å². The van der Waals surface area contributed by atoms with Gasteiger partial charge in [-0.1, -0.05) is 77.7 Å². The predicted octanol–water partition coefficient (Wildman–Crippen LogP) is 6.71. The van der Waals surface area contributed by atoms with E-state index in [4.69, 9.17) is 0 Å². The molecular formula is C19H35NS. The van der Waals surface area contributed by atoms with Crippen molar-refractivity contribution >= 4 is 11.3 Å². The van der Waals surface area contributed by atoms with Crippen LogP contribution < -0.4 is 5.32 Å². The van der Waals surface area contributed by atoms with Crippen molar-refractivity contribution in [3.05, 3.63) is 22.4 Å². The Bertz CT molecular complexity index is 307. The van der Waals surface area contributed by atoms with Crippen molar-refractivity contribution in [2.24, 2.45) is 0 Å². The summed E-state index contributed by atoms with van der Waals surface area (Å²) < 4.78 is 0. The zero-order valence-electron chi connectivity index (χ0n) is 14.2. The smallest absolute Gasteiger partial charge is 0.0414 e. The Morgan fingerprint density at radius 3 is 2.14 bits per heavy atom. The summed E-state index contributed by atoms with van der Waals surface area (Å²) in [6, 6.07) is 5.05. The molecule has 0 aliphatic rings. The van der Waals surface area contributed by atoms with E-state index in [2.05, 4.69) is 36.7 Å². The molecule has 0 bridgehead atoms. The third-order valence-corrected chi connectivity index (χ3v) is 5.11. The highest BCUT2D eigenvalue weighted by molar-refractivity contribution is 7.10. The molecule has 2 heteroatoms. The maximum Gasteiger partial charge on any atom is 0.0414 e. The third kappa shape index (κ3) is 9.31. The lowest BCUT2D eigenvalue weighted by Gasteiger charge is -2.17. The fourth-order valence-corrected chi connectivity index (χ4v) is 3.65. The van der Waals surface area contributed by atoms with Crippen LogP contribution in [0.15, 0.2) is 17.5 Å². The summed E-state index contributed by atoms with van der Waals surface area (Å²) in [4.78, 5) is 1.52. The van der Waals surface area contributed by atoms with Crippen molar-refractivity contribution in [2.75, 3.05) is 6.54 Å². The number of nitrogens with one attached hydrogen (secondary N) is 1. The molecule has 122 valence electrons. The number of hydrogen-bond donors (Lipinski definition) is 1. The molecule has 1 aromatic heterocycles. The molecular weight excluding hydrogens is 274 g/mol. The van der Waals surface area contributed by atoms with Gasteiger partial charge in [-0.2, -0.15) is 0 Å². The second-order valence-electron chi connectivity index (χ2n) is 6.14. The minimum Gasteiger partial charge on any atom is -0.309 e. The zero-order valence-corrected chi connectivity index (χ0v) is 15.0. The maximum absolute atomic E-state index is 3.71. The van der Waals surface area contributed by atoms with Crippen molar-refractivity contribution < 1.29 is 0 Å². The first-order chi connectivity index (χ1) is 10.4. The van der Waals surface area contributed by atoms with Crippen LogP contribution in [-0.4, -0.2) is 6.54 Å². The molecule has 0 amide bonds. The van der Waals surface area contributed by atoms with Gasteiger partial charge in [-0.3, -0.25) is 0 Å². The van der Waals surface area contributed by atoms with Crippen LogP contribution in [0, 0.1) is 0 Å². The van der Waals surface area contributed by atoms with Crippen molar-refractivity contribution in [2.45, 2.75) is 90.5 Å². The molecule has 1 aromatic rings. The van der Waals surface area contributed by atoms with E-state index in [9.17, 15) is 0 Å². The lowest BCUT2D eigenvalue weighted by atomic mass is 10.0. The predicted molar refractivity (Wildman–Crippen MR) is 97.2 cm³/mol. The van der Waals surface area contributed by atoms with Crippen LogP contribution >= 0.6 is 11.3 Å². The zero-order chi connectivity index (χ0) is 15.2. The summed E-state index contributed by atoms with van der Waals surface area (Å²) in [7, 11) is 0. The Kier molecular flexibility index (Phi) is 11.9. The summed E-state index contributed by atoms with van der Waals surface area (Å²) in [6.07, 6.45) is 15.3. The second kappa shape index (κ2) is 13.3. The quantitative estimate of drug-likeness (QED) is 0.377. The topological polar surface area (TPSA) is 12.0 Å². The monoisotopic (exact) mass is 309 g/mol. The molecule has 0 radical (unpaired) electrons. The molecule has 0 saturated carbocycles. The van der Waals surface area contributed by atoms with Gasteiger partial charge < -0.3 is 5.32 Å². The normalized spacial score (nSPS) is 12.7. The van der Waals surface area contributed by atoms with Crippen LogP contribution in [0.3, 0.4) is 0 Å². The van der Waals surface area contributed by atoms with E-state index in [1.165, 1.54) is 75.5 Å². The molecule has 1 heterocycles. The van der Waals surface area contributed by atoms with Crippen LogP contribution in [0.1, 0.15) is 95.4 Å². The summed E-state index contributed by atoms with van der Waals surface area (Å²) in [5, 5.41) is 5.91. The SMILES string of the molecule is CCCCCCCCCCCC(NCCC)c1cccs1. The van der Waals surface area contributed by atoms with Gasteiger partial charge in [-0.15, -0.1) is 11.3 Å². The number of hydrogen-bond acceptors (Lipinski definition) is 2. The molecule has 1 nitrogen and oxygen atoms in total.